The minimum Gasteiger partial charge on any atom is -0.298 e. The highest BCUT2D eigenvalue weighted by atomic mass is 35.5. The topological polar surface area (TPSA) is 19.4 Å². The van der Waals surface area contributed by atoms with Crippen LogP contribution in [0, 0.1) is 0 Å². The molecule has 1 aromatic rings. The highest BCUT2D eigenvalue weighted by Gasteiger charge is 2.28. The molecule has 2 fully saturated rings. The van der Waals surface area contributed by atoms with Crippen LogP contribution in [0.3, 0.4) is 0 Å². The van der Waals surface area contributed by atoms with Gasteiger partial charge in [-0.25, -0.2) is 4.98 Å². The first kappa shape index (κ1) is 12.9. The first-order chi connectivity index (χ1) is 8.85. The average molecular weight is 286 g/mol. The Labute approximate surface area is 118 Å². The molecular weight excluding hydrogens is 266 g/mol. The van der Waals surface area contributed by atoms with Gasteiger partial charge in [0.25, 0.3) is 0 Å². The molecule has 0 amide bonds. The van der Waals surface area contributed by atoms with Crippen molar-refractivity contribution in [2.24, 2.45) is 0 Å². The smallest absolute Gasteiger partial charge is 0.107 e. The van der Waals surface area contributed by atoms with Crippen LogP contribution in [0.25, 0.3) is 0 Å². The van der Waals surface area contributed by atoms with Crippen LogP contribution in [0.2, 0.25) is 0 Å². The van der Waals surface area contributed by atoms with Crippen LogP contribution in [0.15, 0.2) is 5.38 Å². The molecule has 0 aliphatic carbocycles. The van der Waals surface area contributed by atoms with Crippen molar-refractivity contribution >= 4 is 22.9 Å². The zero-order valence-electron chi connectivity index (χ0n) is 10.6. The molecule has 3 nitrogen and oxygen atoms in total. The number of aromatic nitrogens is 1. The summed E-state index contributed by atoms with van der Waals surface area (Å²) in [5, 5.41) is 3.30. The lowest BCUT2D eigenvalue weighted by atomic mass is 9.99. The van der Waals surface area contributed by atoms with Crippen LogP contribution in [-0.2, 0) is 12.4 Å². The van der Waals surface area contributed by atoms with Crippen molar-refractivity contribution in [2.75, 3.05) is 26.2 Å². The molecule has 1 unspecified atom stereocenters. The SMILES string of the molecule is ClCc1csc(CN2CCN3CCCCC3C2)n1. The van der Waals surface area contributed by atoms with Gasteiger partial charge in [-0.1, -0.05) is 6.42 Å². The molecule has 5 heteroatoms. The van der Waals surface area contributed by atoms with E-state index in [1.165, 1.54) is 50.4 Å². The molecule has 0 spiro atoms. The lowest BCUT2D eigenvalue weighted by Gasteiger charge is -2.43. The molecule has 0 saturated carbocycles. The van der Waals surface area contributed by atoms with Crippen molar-refractivity contribution in [2.45, 2.75) is 37.7 Å². The van der Waals surface area contributed by atoms with E-state index < -0.39 is 0 Å². The molecule has 2 aliphatic heterocycles. The third kappa shape index (κ3) is 2.87. The van der Waals surface area contributed by atoms with Crippen molar-refractivity contribution in [3.05, 3.63) is 16.1 Å². The lowest BCUT2D eigenvalue weighted by Crippen LogP contribution is -2.54. The summed E-state index contributed by atoms with van der Waals surface area (Å²) in [7, 11) is 0. The average Bonchev–Trinajstić information content (AvgIpc) is 2.86. The number of thiazole rings is 1. The molecule has 100 valence electrons. The Bertz CT molecular complexity index is 395. The second kappa shape index (κ2) is 5.87. The number of fused-ring (bicyclic) bond motifs is 1. The molecule has 0 aromatic carbocycles. The summed E-state index contributed by atoms with van der Waals surface area (Å²) < 4.78 is 0. The summed E-state index contributed by atoms with van der Waals surface area (Å²) in [6.07, 6.45) is 4.17. The predicted octanol–water partition coefficient (Wildman–Crippen LogP) is 2.55. The predicted molar refractivity (Wildman–Crippen MR) is 76.2 cm³/mol. The van der Waals surface area contributed by atoms with Crippen molar-refractivity contribution in [1.29, 1.82) is 0 Å². The number of nitrogens with zero attached hydrogens (tertiary/aromatic N) is 3. The molecule has 1 aromatic heterocycles. The third-order valence-corrected chi connectivity index (χ3v) is 5.17. The van der Waals surface area contributed by atoms with Gasteiger partial charge in [0.1, 0.15) is 5.01 Å². The minimum absolute atomic E-state index is 0.535. The highest BCUT2D eigenvalue weighted by Crippen LogP contribution is 2.22. The van der Waals surface area contributed by atoms with E-state index in [-0.39, 0.29) is 0 Å². The van der Waals surface area contributed by atoms with Gasteiger partial charge in [0.15, 0.2) is 0 Å². The van der Waals surface area contributed by atoms with Crippen molar-refractivity contribution < 1.29 is 0 Å². The number of rotatable bonds is 3. The second-order valence-electron chi connectivity index (χ2n) is 5.29. The van der Waals surface area contributed by atoms with E-state index in [2.05, 4.69) is 20.2 Å². The van der Waals surface area contributed by atoms with Crippen LogP contribution in [0.1, 0.15) is 30.0 Å². The van der Waals surface area contributed by atoms with Gasteiger partial charge >= 0.3 is 0 Å². The van der Waals surface area contributed by atoms with Crippen LogP contribution in [-0.4, -0.2) is 47.0 Å². The van der Waals surface area contributed by atoms with Gasteiger partial charge in [-0.2, -0.15) is 0 Å². The number of piperidine rings is 1. The van der Waals surface area contributed by atoms with Crippen molar-refractivity contribution in [3.8, 4) is 0 Å². The Morgan fingerprint density at radius 2 is 2.28 bits per heavy atom. The zero-order chi connectivity index (χ0) is 12.4. The Morgan fingerprint density at radius 1 is 1.33 bits per heavy atom. The van der Waals surface area contributed by atoms with Gasteiger partial charge in [-0.05, 0) is 19.4 Å². The van der Waals surface area contributed by atoms with Crippen LogP contribution in [0.5, 0.6) is 0 Å². The zero-order valence-corrected chi connectivity index (χ0v) is 12.2. The molecular formula is C13H20ClN3S. The quantitative estimate of drug-likeness (QED) is 0.796. The molecule has 18 heavy (non-hydrogen) atoms. The number of hydrogen-bond acceptors (Lipinski definition) is 4. The van der Waals surface area contributed by atoms with E-state index in [4.69, 9.17) is 11.6 Å². The van der Waals surface area contributed by atoms with Gasteiger partial charge in [-0.15, -0.1) is 22.9 Å². The number of alkyl halides is 1. The molecule has 0 N–H and O–H groups in total. The highest BCUT2D eigenvalue weighted by molar-refractivity contribution is 7.09. The molecule has 0 bridgehead atoms. The third-order valence-electron chi connectivity index (χ3n) is 4.02. The van der Waals surface area contributed by atoms with Gasteiger partial charge in [0.2, 0.25) is 0 Å². The van der Waals surface area contributed by atoms with Crippen molar-refractivity contribution in [1.82, 2.24) is 14.8 Å². The second-order valence-corrected chi connectivity index (χ2v) is 6.50. The minimum atomic E-state index is 0.535. The molecule has 2 aliphatic rings. The Balaban J connectivity index is 1.57. The summed E-state index contributed by atoms with van der Waals surface area (Å²) in [6, 6.07) is 0.792. The summed E-state index contributed by atoms with van der Waals surface area (Å²) >= 11 is 7.54. The standard InChI is InChI=1S/C13H20ClN3S/c14-7-11-10-18-13(15-11)9-16-5-6-17-4-2-1-3-12(17)8-16/h10,12H,1-9H2. The first-order valence-corrected chi connectivity index (χ1v) is 8.22. The summed E-state index contributed by atoms with van der Waals surface area (Å²) in [6.45, 7) is 5.96. The van der Waals surface area contributed by atoms with E-state index >= 15 is 0 Å². The van der Waals surface area contributed by atoms with E-state index in [1.54, 1.807) is 11.3 Å². The fourth-order valence-electron chi connectivity index (χ4n) is 3.04. The maximum atomic E-state index is 5.80. The van der Waals surface area contributed by atoms with Crippen molar-refractivity contribution in [3.63, 3.8) is 0 Å². The molecule has 2 saturated heterocycles. The Morgan fingerprint density at radius 3 is 3.11 bits per heavy atom. The Kier molecular flexibility index (Phi) is 4.19. The summed E-state index contributed by atoms with van der Waals surface area (Å²) in [4.78, 5) is 9.79. The van der Waals surface area contributed by atoms with Gasteiger partial charge < -0.3 is 0 Å². The molecule has 3 rings (SSSR count). The van der Waals surface area contributed by atoms with E-state index in [0.29, 0.717) is 5.88 Å². The largest absolute Gasteiger partial charge is 0.298 e. The Hall–Kier alpha value is -0.160. The first-order valence-electron chi connectivity index (χ1n) is 6.81. The molecule has 0 radical (unpaired) electrons. The van der Waals surface area contributed by atoms with E-state index in [0.717, 1.165) is 18.3 Å². The van der Waals surface area contributed by atoms with Gasteiger partial charge in [0.05, 0.1) is 18.1 Å². The molecule has 1 atom stereocenters. The fourth-order valence-corrected chi connectivity index (χ4v) is 4.10. The number of piperazine rings is 1. The number of halogens is 1. The lowest BCUT2D eigenvalue weighted by molar-refractivity contribution is 0.0456. The van der Waals surface area contributed by atoms with E-state index in [1.807, 2.05) is 0 Å². The van der Waals surface area contributed by atoms with Crippen LogP contribution >= 0.6 is 22.9 Å². The summed E-state index contributed by atoms with van der Waals surface area (Å²) in [5.41, 5.74) is 1.02. The monoisotopic (exact) mass is 285 g/mol. The van der Waals surface area contributed by atoms with Crippen LogP contribution < -0.4 is 0 Å². The summed E-state index contributed by atoms with van der Waals surface area (Å²) in [5.74, 6) is 0.535. The number of hydrogen-bond donors (Lipinski definition) is 0. The fraction of sp³-hybridized carbons (Fsp3) is 0.769. The maximum absolute atomic E-state index is 5.80. The van der Waals surface area contributed by atoms with Gasteiger partial charge in [-0.3, -0.25) is 9.80 Å². The normalized spacial score (nSPS) is 26.2. The van der Waals surface area contributed by atoms with E-state index in [9.17, 15) is 0 Å². The van der Waals surface area contributed by atoms with Gasteiger partial charge in [0, 0.05) is 31.1 Å². The maximum Gasteiger partial charge on any atom is 0.107 e. The molecule has 3 heterocycles. The van der Waals surface area contributed by atoms with Crippen LogP contribution in [0.4, 0.5) is 0 Å².